The average molecular weight is 228 g/mol. The molecule has 73 valence electrons. The van der Waals surface area contributed by atoms with Gasteiger partial charge in [-0.25, -0.2) is 0 Å². The van der Waals surface area contributed by atoms with E-state index < -0.39 is 0 Å². The Balaban J connectivity index is 0.00000112. The van der Waals surface area contributed by atoms with Crippen molar-refractivity contribution < 1.29 is 4.74 Å². The fourth-order valence-electron chi connectivity index (χ4n) is 1.47. The Morgan fingerprint density at radius 3 is 2.87 bits per heavy atom. The third kappa shape index (κ3) is 2.89. The Morgan fingerprint density at radius 1 is 1.33 bits per heavy atom. The Morgan fingerprint density at radius 2 is 2.13 bits per heavy atom. The second-order valence-electron chi connectivity index (χ2n) is 3.15. The van der Waals surface area contributed by atoms with E-state index in [4.69, 9.17) is 17.0 Å². The van der Waals surface area contributed by atoms with Crippen LogP contribution >= 0.6 is 12.2 Å². The van der Waals surface area contributed by atoms with Crippen molar-refractivity contribution in [1.29, 1.82) is 0 Å². The molecule has 4 heteroatoms. The van der Waals surface area contributed by atoms with E-state index in [2.05, 4.69) is 11.1 Å². The largest absolute Gasteiger partial charge is 0.380 e. The summed E-state index contributed by atoms with van der Waals surface area (Å²) in [6, 6.07) is 8.03. The van der Waals surface area contributed by atoms with Crippen molar-refractivity contribution in [3.8, 4) is 0 Å². The van der Waals surface area contributed by atoms with Crippen LogP contribution in [0.15, 0.2) is 30.5 Å². The van der Waals surface area contributed by atoms with Crippen LogP contribution in [0.4, 0.5) is 0 Å². The number of fused-ring (bicyclic) bond motifs is 1. The predicted octanol–water partition coefficient (Wildman–Crippen LogP) is 2.66. The van der Waals surface area contributed by atoms with E-state index in [0.717, 1.165) is 21.0 Å². The molecule has 15 heavy (non-hydrogen) atoms. The fourth-order valence-corrected chi connectivity index (χ4v) is 1.71. The van der Waals surface area contributed by atoms with Crippen molar-refractivity contribution in [3.63, 3.8) is 0 Å². The van der Waals surface area contributed by atoms with Gasteiger partial charge in [0.05, 0.1) is 6.61 Å². The molecule has 0 aliphatic rings. The number of rotatable bonds is 2. The summed E-state index contributed by atoms with van der Waals surface area (Å²) in [5, 5.41) is 1.08. The first-order valence-electron chi connectivity index (χ1n) is 4.40. The number of nitrogens with one attached hydrogen (secondary N) is 1. The summed E-state index contributed by atoms with van der Waals surface area (Å²) >= 11 is 5.24. The quantitative estimate of drug-likeness (QED) is 0.631. The number of pyridine rings is 1. The SMILES string of the molecule is COCc1ccc2[nH]ccc(=S)c2c1.[Na]. The minimum absolute atomic E-state index is 0. The van der Waals surface area contributed by atoms with Gasteiger partial charge in [0.1, 0.15) is 0 Å². The number of aromatic nitrogens is 1. The molecule has 2 aromatic rings. The zero-order valence-electron chi connectivity index (χ0n) is 8.91. The van der Waals surface area contributed by atoms with Gasteiger partial charge in [0.2, 0.25) is 0 Å². The topological polar surface area (TPSA) is 25.0 Å². The number of hydrogen-bond acceptors (Lipinski definition) is 2. The molecule has 0 aliphatic heterocycles. The summed E-state index contributed by atoms with van der Waals surface area (Å²) < 4.78 is 5.94. The molecule has 1 aromatic carbocycles. The van der Waals surface area contributed by atoms with Gasteiger partial charge >= 0.3 is 0 Å². The van der Waals surface area contributed by atoms with Gasteiger partial charge in [-0.2, -0.15) is 0 Å². The first kappa shape index (κ1) is 12.9. The smallest absolute Gasteiger partial charge is 0.0713 e. The molecule has 1 heterocycles. The molecule has 2 nitrogen and oxygen atoms in total. The van der Waals surface area contributed by atoms with Crippen molar-refractivity contribution in [2.24, 2.45) is 0 Å². The van der Waals surface area contributed by atoms with Crippen LogP contribution in [0, 0.1) is 4.51 Å². The summed E-state index contributed by atoms with van der Waals surface area (Å²) in [6.07, 6.45) is 1.86. The maximum Gasteiger partial charge on any atom is 0.0713 e. The number of benzene rings is 1. The second kappa shape index (κ2) is 5.77. The van der Waals surface area contributed by atoms with Crippen LogP contribution in [-0.4, -0.2) is 41.7 Å². The maximum absolute atomic E-state index is 5.24. The van der Waals surface area contributed by atoms with Gasteiger partial charge in [0.25, 0.3) is 0 Å². The van der Waals surface area contributed by atoms with Crippen LogP contribution in [0.5, 0.6) is 0 Å². The molecule has 0 atom stereocenters. The van der Waals surface area contributed by atoms with Crippen molar-refractivity contribution in [2.75, 3.05) is 7.11 Å². The number of H-pyrrole nitrogens is 1. The third-order valence-corrected chi connectivity index (χ3v) is 2.49. The first-order chi connectivity index (χ1) is 6.81. The standard InChI is InChI=1S/C11H11NOS.Na/c1-13-7-8-2-3-10-9(6-8)11(14)4-5-12-10;/h2-6H,7H2,1H3,(H,12,14);. The molecule has 1 N–H and O–H groups in total. The molecular weight excluding hydrogens is 217 g/mol. The Labute approximate surface area is 116 Å². The molecule has 2 rings (SSSR count). The van der Waals surface area contributed by atoms with Crippen LogP contribution in [-0.2, 0) is 11.3 Å². The Bertz CT molecular complexity index is 509. The van der Waals surface area contributed by atoms with E-state index in [1.165, 1.54) is 0 Å². The third-order valence-electron chi connectivity index (χ3n) is 2.13. The van der Waals surface area contributed by atoms with E-state index >= 15 is 0 Å². The van der Waals surface area contributed by atoms with Crippen LogP contribution in [0.3, 0.4) is 0 Å². The van der Waals surface area contributed by atoms with E-state index in [1.54, 1.807) is 7.11 Å². The number of hydrogen-bond donors (Lipinski definition) is 1. The summed E-state index contributed by atoms with van der Waals surface area (Å²) in [5.41, 5.74) is 2.21. The zero-order valence-corrected chi connectivity index (χ0v) is 11.7. The maximum atomic E-state index is 5.24. The second-order valence-corrected chi connectivity index (χ2v) is 3.59. The molecule has 0 bridgehead atoms. The van der Waals surface area contributed by atoms with Gasteiger partial charge < -0.3 is 9.72 Å². The van der Waals surface area contributed by atoms with Crippen LogP contribution in [0.25, 0.3) is 10.9 Å². The molecule has 0 fully saturated rings. The molecule has 0 saturated heterocycles. The molecule has 0 aliphatic carbocycles. The van der Waals surface area contributed by atoms with Crippen LogP contribution in [0.1, 0.15) is 5.56 Å². The van der Waals surface area contributed by atoms with E-state index in [1.807, 2.05) is 24.4 Å². The normalized spacial score (nSPS) is 9.93. The molecule has 1 aromatic heterocycles. The van der Waals surface area contributed by atoms with Gasteiger partial charge in [0, 0.05) is 58.3 Å². The summed E-state index contributed by atoms with van der Waals surface area (Å²) in [6.45, 7) is 0.625. The predicted molar refractivity (Wildman–Crippen MR) is 65.6 cm³/mol. The molecular formula is C11H11NNaOS. The number of aromatic amines is 1. The van der Waals surface area contributed by atoms with Gasteiger partial charge in [-0.05, 0) is 23.8 Å². The molecule has 1 radical (unpaired) electrons. The minimum Gasteiger partial charge on any atom is -0.380 e. The van der Waals surface area contributed by atoms with Gasteiger partial charge in [-0.1, -0.05) is 18.3 Å². The summed E-state index contributed by atoms with van der Waals surface area (Å²) in [7, 11) is 1.69. The van der Waals surface area contributed by atoms with Crippen molar-refractivity contribution in [2.45, 2.75) is 6.61 Å². The fraction of sp³-hybridized carbons (Fsp3) is 0.182. The molecule has 0 unspecified atom stereocenters. The Hall–Kier alpha value is -0.190. The van der Waals surface area contributed by atoms with Crippen LogP contribution < -0.4 is 0 Å². The zero-order chi connectivity index (χ0) is 9.97. The Kier molecular flexibility index (Phi) is 4.96. The monoisotopic (exact) mass is 228 g/mol. The minimum atomic E-state index is 0. The van der Waals surface area contributed by atoms with Crippen molar-refractivity contribution >= 4 is 52.7 Å². The van der Waals surface area contributed by atoms with E-state index in [-0.39, 0.29) is 29.6 Å². The number of methoxy groups -OCH3 is 1. The summed E-state index contributed by atoms with van der Waals surface area (Å²) in [5.74, 6) is 0. The molecule has 0 amide bonds. The van der Waals surface area contributed by atoms with Crippen LogP contribution in [0.2, 0.25) is 0 Å². The summed E-state index contributed by atoms with van der Waals surface area (Å²) in [4.78, 5) is 3.15. The number of ether oxygens (including phenoxy) is 1. The van der Waals surface area contributed by atoms with Gasteiger partial charge in [0.15, 0.2) is 0 Å². The molecule has 0 spiro atoms. The molecule has 0 saturated carbocycles. The van der Waals surface area contributed by atoms with E-state index in [0.29, 0.717) is 6.61 Å². The van der Waals surface area contributed by atoms with Gasteiger partial charge in [-0.15, -0.1) is 0 Å². The van der Waals surface area contributed by atoms with Crippen molar-refractivity contribution in [1.82, 2.24) is 4.98 Å². The van der Waals surface area contributed by atoms with Crippen molar-refractivity contribution in [3.05, 3.63) is 40.5 Å². The average Bonchev–Trinajstić information content (AvgIpc) is 2.20. The first-order valence-corrected chi connectivity index (χ1v) is 4.81. The van der Waals surface area contributed by atoms with E-state index in [9.17, 15) is 0 Å². The van der Waals surface area contributed by atoms with Gasteiger partial charge in [-0.3, -0.25) is 0 Å².